The zero-order chi connectivity index (χ0) is 19.7. The second-order valence-corrected chi connectivity index (χ2v) is 6.18. The minimum absolute atomic E-state index is 0. The van der Waals surface area contributed by atoms with E-state index in [-0.39, 0.29) is 49.1 Å². The van der Waals surface area contributed by atoms with Crippen LogP contribution in [0.25, 0.3) is 0 Å². The summed E-state index contributed by atoms with van der Waals surface area (Å²) in [6.07, 6.45) is 0. The van der Waals surface area contributed by atoms with Crippen molar-refractivity contribution in [2.24, 2.45) is 11.7 Å². The van der Waals surface area contributed by atoms with E-state index in [9.17, 15) is 14.4 Å². The topological polar surface area (TPSA) is 114 Å². The summed E-state index contributed by atoms with van der Waals surface area (Å²) in [5, 5.41) is 5.23. The van der Waals surface area contributed by atoms with E-state index in [1.54, 1.807) is 31.2 Å². The van der Waals surface area contributed by atoms with Gasteiger partial charge in [0.2, 0.25) is 17.7 Å². The summed E-state index contributed by atoms with van der Waals surface area (Å²) in [4.78, 5) is 37.6. The normalized spacial score (nSPS) is 11.2. The number of nitrogens with one attached hydrogen (secondary N) is 2. The lowest BCUT2D eigenvalue weighted by Crippen LogP contribution is -2.48. The fourth-order valence-corrected chi connectivity index (χ4v) is 2.15. The third-order valence-corrected chi connectivity index (χ3v) is 3.86. The van der Waals surface area contributed by atoms with Gasteiger partial charge < -0.3 is 26.0 Å². The second-order valence-electron chi connectivity index (χ2n) is 6.18. The Kier molecular flexibility index (Phi) is 11.1. The molecule has 1 rings (SSSR count). The maximum Gasteiger partial charge on any atom is 0.243 e. The van der Waals surface area contributed by atoms with Gasteiger partial charge >= 0.3 is 0 Å². The lowest BCUT2D eigenvalue weighted by atomic mass is 10.1. The number of benzene rings is 1. The molecule has 0 unspecified atom stereocenters. The Morgan fingerprint density at radius 1 is 1.26 bits per heavy atom. The molecule has 1 atom stereocenters. The van der Waals surface area contributed by atoms with Gasteiger partial charge in [-0.15, -0.1) is 12.4 Å². The molecule has 1 aromatic carbocycles. The molecule has 0 bridgehead atoms. The number of carbonyl (C=O) groups excluding carboxylic acids is 3. The minimum atomic E-state index is -0.672. The van der Waals surface area contributed by atoms with Crippen molar-refractivity contribution in [1.82, 2.24) is 10.2 Å². The van der Waals surface area contributed by atoms with Crippen LogP contribution in [0.15, 0.2) is 24.3 Å². The number of ether oxygens (including phenoxy) is 1. The molecule has 8 nitrogen and oxygen atoms in total. The number of methoxy groups -OCH3 is 1. The maximum absolute atomic E-state index is 12.2. The Balaban J connectivity index is 0.00000676. The fraction of sp³-hybridized carbons (Fsp3) is 0.500. The van der Waals surface area contributed by atoms with Crippen LogP contribution in [-0.2, 0) is 14.4 Å². The van der Waals surface area contributed by atoms with E-state index in [0.29, 0.717) is 18.0 Å². The van der Waals surface area contributed by atoms with Crippen molar-refractivity contribution >= 4 is 35.8 Å². The molecular formula is C18H29ClN4O4. The first-order valence-electron chi connectivity index (χ1n) is 8.53. The molecule has 0 aromatic heterocycles. The number of hydrogen-bond donors (Lipinski definition) is 3. The molecule has 152 valence electrons. The number of nitrogens with zero attached hydrogens (tertiary/aromatic N) is 1. The van der Waals surface area contributed by atoms with Crippen LogP contribution in [0.1, 0.15) is 20.8 Å². The first-order valence-corrected chi connectivity index (χ1v) is 8.53. The van der Waals surface area contributed by atoms with Crippen LogP contribution < -0.4 is 21.1 Å². The van der Waals surface area contributed by atoms with Gasteiger partial charge in [0.05, 0.1) is 26.2 Å². The summed E-state index contributed by atoms with van der Waals surface area (Å²) in [6, 6.07) is 6.26. The molecule has 3 amide bonds. The summed E-state index contributed by atoms with van der Waals surface area (Å²) in [5.74, 6) is -0.474. The van der Waals surface area contributed by atoms with Gasteiger partial charge in [0, 0.05) is 18.3 Å². The van der Waals surface area contributed by atoms with E-state index in [1.807, 2.05) is 13.8 Å². The van der Waals surface area contributed by atoms with E-state index in [2.05, 4.69) is 10.6 Å². The van der Waals surface area contributed by atoms with Crippen LogP contribution >= 0.6 is 12.4 Å². The van der Waals surface area contributed by atoms with Crippen LogP contribution in [-0.4, -0.2) is 55.4 Å². The van der Waals surface area contributed by atoms with Gasteiger partial charge in [-0.1, -0.05) is 19.9 Å². The predicted octanol–water partition coefficient (Wildman–Crippen LogP) is 1.00. The van der Waals surface area contributed by atoms with Crippen LogP contribution in [0.2, 0.25) is 0 Å². The molecule has 0 aliphatic heterocycles. The Bertz CT molecular complexity index is 640. The predicted molar refractivity (Wildman–Crippen MR) is 107 cm³/mol. The lowest BCUT2D eigenvalue weighted by Gasteiger charge is -2.21. The van der Waals surface area contributed by atoms with Crippen LogP contribution in [0, 0.1) is 5.92 Å². The quantitative estimate of drug-likeness (QED) is 0.572. The number of halogens is 1. The van der Waals surface area contributed by atoms with Crippen LogP contribution in [0.3, 0.4) is 0 Å². The van der Waals surface area contributed by atoms with Gasteiger partial charge in [-0.3, -0.25) is 14.4 Å². The molecule has 0 saturated carbocycles. The van der Waals surface area contributed by atoms with E-state index >= 15 is 0 Å². The lowest BCUT2D eigenvalue weighted by molar-refractivity contribution is -0.135. The largest absolute Gasteiger partial charge is 0.497 e. The highest BCUT2D eigenvalue weighted by atomic mass is 35.5. The van der Waals surface area contributed by atoms with Crippen molar-refractivity contribution in [3.63, 3.8) is 0 Å². The summed E-state index contributed by atoms with van der Waals surface area (Å²) in [5.41, 5.74) is 6.31. The molecule has 1 aromatic rings. The van der Waals surface area contributed by atoms with Gasteiger partial charge in [-0.05, 0) is 25.0 Å². The monoisotopic (exact) mass is 400 g/mol. The molecule has 0 radical (unpaired) electrons. The highest BCUT2D eigenvalue weighted by molar-refractivity contribution is 5.95. The molecule has 4 N–H and O–H groups in total. The van der Waals surface area contributed by atoms with Crippen molar-refractivity contribution in [2.75, 3.05) is 32.1 Å². The van der Waals surface area contributed by atoms with Gasteiger partial charge in [0.1, 0.15) is 5.75 Å². The third kappa shape index (κ3) is 8.27. The Morgan fingerprint density at radius 2 is 1.93 bits per heavy atom. The number of rotatable bonds is 9. The van der Waals surface area contributed by atoms with E-state index in [0.717, 1.165) is 0 Å². The number of carbonyl (C=O) groups is 3. The van der Waals surface area contributed by atoms with Crippen molar-refractivity contribution in [1.29, 1.82) is 0 Å². The molecular weight excluding hydrogens is 372 g/mol. The third-order valence-electron chi connectivity index (χ3n) is 3.86. The number of amides is 3. The second kappa shape index (κ2) is 12.1. The highest BCUT2D eigenvalue weighted by Crippen LogP contribution is 2.16. The number of nitrogens with two attached hydrogens (primary N) is 1. The summed E-state index contributed by atoms with van der Waals surface area (Å²) < 4.78 is 5.10. The Morgan fingerprint density at radius 3 is 2.48 bits per heavy atom. The SMILES string of the molecule is CCN(CC(=O)Nc1cccc(OC)c1)C(=O)CNC(=O)[C@@H](N)C(C)C.Cl. The molecule has 0 fully saturated rings. The van der Waals surface area contributed by atoms with Gasteiger partial charge in [0.25, 0.3) is 0 Å². The van der Waals surface area contributed by atoms with E-state index in [4.69, 9.17) is 10.5 Å². The van der Waals surface area contributed by atoms with Crippen molar-refractivity contribution in [3.05, 3.63) is 24.3 Å². The molecule has 0 saturated heterocycles. The highest BCUT2D eigenvalue weighted by Gasteiger charge is 2.20. The number of likely N-dealkylation sites (N-methyl/N-ethyl adjacent to an activating group) is 1. The molecule has 9 heteroatoms. The minimum Gasteiger partial charge on any atom is -0.497 e. The van der Waals surface area contributed by atoms with E-state index < -0.39 is 6.04 Å². The van der Waals surface area contributed by atoms with Gasteiger partial charge in [-0.25, -0.2) is 0 Å². The summed E-state index contributed by atoms with van der Waals surface area (Å²) in [7, 11) is 1.54. The first-order chi connectivity index (χ1) is 12.3. The summed E-state index contributed by atoms with van der Waals surface area (Å²) in [6.45, 7) is 5.45. The van der Waals surface area contributed by atoms with Crippen molar-refractivity contribution in [3.8, 4) is 5.75 Å². The molecule has 0 aliphatic rings. The van der Waals surface area contributed by atoms with Gasteiger partial charge in [0.15, 0.2) is 0 Å². The molecule has 0 aliphatic carbocycles. The smallest absolute Gasteiger partial charge is 0.243 e. The fourth-order valence-electron chi connectivity index (χ4n) is 2.15. The van der Waals surface area contributed by atoms with Crippen molar-refractivity contribution in [2.45, 2.75) is 26.8 Å². The zero-order valence-corrected chi connectivity index (χ0v) is 17.0. The van der Waals surface area contributed by atoms with Gasteiger partial charge in [-0.2, -0.15) is 0 Å². The Labute approximate surface area is 166 Å². The average Bonchev–Trinajstić information content (AvgIpc) is 2.63. The molecule has 0 heterocycles. The first kappa shape index (κ1) is 24.7. The summed E-state index contributed by atoms with van der Waals surface area (Å²) >= 11 is 0. The number of hydrogen-bond acceptors (Lipinski definition) is 5. The Hall–Kier alpha value is -2.32. The maximum atomic E-state index is 12.2. The van der Waals surface area contributed by atoms with Crippen molar-refractivity contribution < 1.29 is 19.1 Å². The number of anilines is 1. The molecule has 0 spiro atoms. The zero-order valence-electron chi connectivity index (χ0n) is 16.2. The van der Waals surface area contributed by atoms with Crippen LogP contribution in [0.5, 0.6) is 5.75 Å². The molecule has 27 heavy (non-hydrogen) atoms. The van der Waals surface area contributed by atoms with Crippen LogP contribution in [0.4, 0.5) is 5.69 Å². The average molecular weight is 401 g/mol. The standard InChI is InChI=1S/C18H28N4O4.ClH/c1-5-22(16(24)10-20-18(25)17(19)12(2)3)11-15(23)21-13-7-6-8-14(9-13)26-4;/h6-9,12,17H,5,10-11,19H2,1-4H3,(H,20,25)(H,21,23);1H/t17-;/m0./s1. The van der Waals surface area contributed by atoms with E-state index in [1.165, 1.54) is 12.0 Å².